The third-order valence-electron chi connectivity index (χ3n) is 6.91. The Morgan fingerprint density at radius 1 is 0.684 bits per heavy atom. The summed E-state index contributed by atoms with van der Waals surface area (Å²) in [6, 6.07) is 33.0. The van der Waals surface area contributed by atoms with Crippen LogP contribution in [0.5, 0.6) is 0 Å². The van der Waals surface area contributed by atoms with E-state index in [4.69, 9.17) is 0 Å². The van der Waals surface area contributed by atoms with Gasteiger partial charge in [-0.2, -0.15) is 0 Å². The van der Waals surface area contributed by atoms with Crippen LogP contribution in [0.3, 0.4) is 0 Å². The summed E-state index contributed by atoms with van der Waals surface area (Å²) in [5.74, 6) is 0. The van der Waals surface area contributed by atoms with Gasteiger partial charge in [-0.05, 0) is 79.1 Å². The van der Waals surface area contributed by atoms with Gasteiger partial charge in [-0.1, -0.05) is 62.4 Å². The SMILES string of the molecule is C#C.CC.CC=C=Cc1c(C)c2cc(-c3ccc4c(c3)c3ccccc3n4-c3ccccc3)ccc2n1C. The Labute approximate surface area is 226 Å². The van der Waals surface area contributed by atoms with E-state index >= 15 is 0 Å². The van der Waals surface area contributed by atoms with E-state index in [1.54, 1.807) is 0 Å². The number of hydrogen-bond acceptors (Lipinski definition) is 0. The molecule has 2 heteroatoms. The molecule has 0 bridgehead atoms. The molecule has 6 aromatic rings. The van der Waals surface area contributed by atoms with Gasteiger partial charge in [0.1, 0.15) is 0 Å². The van der Waals surface area contributed by atoms with Gasteiger partial charge < -0.3 is 9.13 Å². The van der Waals surface area contributed by atoms with Crippen LogP contribution >= 0.6 is 0 Å². The number of fused-ring (bicyclic) bond motifs is 4. The minimum atomic E-state index is 1.18. The van der Waals surface area contributed by atoms with Gasteiger partial charge in [-0.3, -0.25) is 0 Å². The van der Waals surface area contributed by atoms with Crippen LogP contribution in [0.2, 0.25) is 0 Å². The summed E-state index contributed by atoms with van der Waals surface area (Å²) in [6.07, 6.45) is 12.0. The van der Waals surface area contributed by atoms with Crippen molar-refractivity contribution in [2.75, 3.05) is 0 Å². The highest BCUT2D eigenvalue weighted by molar-refractivity contribution is 6.10. The highest BCUT2D eigenvalue weighted by Crippen LogP contribution is 2.36. The monoisotopic (exact) mass is 494 g/mol. The van der Waals surface area contributed by atoms with Crippen molar-refractivity contribution in [2.45, 2.75) is 27.7 Å². The first-order valence-corrected chi connectivity index (χ1v) is 13.1. The van der Waals surface area contributed by atoms with E-state index in [0.717, 1.165) is 0 Å². The van der Waals surface area contributed by atoms with Crippen LogP contribution in [0.1, 0.15) is 32.0 Å². The van der Waals surface area contributed by atoms with Crippen LogP contribution in [-0.2, 0) is 7.05 Å². The second-order valence-corrected chi connectivity index (χ2v) is 8.82. The van der Waals surface area contributed by atoms with Crippen LogP contribution in [0.4, 0.5) is 0 Å². The minimum Gasteiger partial charge on any atom is -0.343 e. The number of para-hydroxylation sites is 2. The number of rotatable bonds is 3. The van der Waals surface area contributed by atoms with Crippen molar-refractivity contribution in [1.82, 2.24) is 9.13 Å². The molecule has 2 nitrogen and oxygen atoms in total. The van der Waals surface area contributed by atoms with E-state index in [0.29, 0.717) is 0 Å². The van der Waals surface area contributed by atoms with Crippen LogP contribution < -0.4 is 0 Å². The largest absolute Gasteiger partial charge is 0.343 e. The van der Waals surface area contributed by atoms with Gasteiger partial charge in [0.2, 0.25) is 0 Å². The van der Waals surface area contributed by atoms with Crippen LogP contribution in [-0.4, -0.2) is 9.13 Å². The smallest absolute Gasteiger partial charge is 0.0541 e. The van der Waals surface area contributed by atoms with Crippen LogP contribution in [0, 0.1) is 19.8 Å². The molecule has 0 aliphatic heterocycles. The molecule has 38 heavy (non-hydrogen) atoms. The van der Waals surface area contributed by atoms with Gasteiger partial charge in [-0.15, -0.1) is 18.6 Å². The highest BCUT2D eigenvalue weighted by Gasteiger charge is 2.14. The summed E-state index contributed by atoms with van der Waals surface area (Å²) in [6.45, 7) is 8.20. The van der Waals surface area contributed by atoms with Gasteiger partial charge in [0.25, 0.3) is 0 Å². The molecule has 2 heterocycles. The molecule has 2 aromatic heterocycles. The molecule has 0 unspecified atom stereocenters. The van der Waals surface area contributed by atoms with E-state index in [2.05, 4.69) is 139 Å². The highest BCUT2D eigenvalue weighted by atomic mass is 15.0. The molecule has 188 valence electrons. The van der Waals surface area contributed by atoms with Crippen molar-refractivity contribution in [3.63, 3.8) is 0 Å². The van der Waals surface area contributed by atoms with E-state index in [1.165, 1.54) is 60.8 Å². The van der Waals surface area contributed by atoms with Crippen molar-refractivity contribution in [2.24, 2.45) is 7.05 Å². The lowest BCUT2D eigenvalue weighted by Gasteiger charge is -2.08. The molecular formula is C36H34N2. The second-order valence-electron chi connectivity index (χ2n) is 8.82. The van der Waals surface area contributed by atoms with Crippen molar-refractivity contribution >= 4 is 38.8 Å². The summed E-state index contributed by atoms with van der Waals surface area (Å²) in [4.78, 5) is 0. The summed E-state index contributed by atoms with van der Waals surface area (Å²) < 4.78 is 4.61. The first kappa shape index (κ1) is 26.4. The number of terminal acetylenes is 1. The Morgan fingerprint density at radius 2 is 1.26 bits per heavy atom. The molecule has 0 atom stereocenters. The normalized spacial score (nSPS) is 10.3. The minimum absolute atomic E-state index is 1.18. The predicted molar refractivity (Wildman–Crippen MR) is 167 cm³/mol. The van der Waals surface area contributed by atoms with E-state index in [9.17, 15) is 0 Å². The third kappa shape index (κ3) is 4.46. The third-order valence-corrected chi connectivity index (χ3v) is 6.91. The Balaban J connectivity index is 0.000000804. The molecule has 0 radical (unpaired) electrons. The molecular weight excluding hydrogens is 460 g/mol. The first-order chi connectivity index (χ1) is 18.7. The molecule has 0 spiro atoms. The number of aryl methyl sites for hydroxylation is 2. The van der Waals surface area contributed by atoms with Crippen molar-refractivity contribution in [3.8, 4) is 29.7 Å². The van der Waals surface area contributed by atoms with Crippen molar-refractivity contribution < 1.29 is 0 Å². The second kappa shape index (κ2) is 11.6. The lowest BCUT2D eigenvalue weighted by molar-refractivity contribution is 0.949. The van der Waals surface area contributed by atoms with Crippen molar-refractivity contribution in [3.05, 3.63) is 114 Å². The lowest BCUT2D eigenvalue weighted by atomic mass is 10.0. The average Bonchev–Trinajstić information content (AvgIpc) is 3.44. The quantitative estimate of drug-likeness (QED) is 0.171. The number of allylic oxidation sites excluding steroid dienone is 1. The predicted octanol–water partition coefficient (Wildman–Crippen LogP) is 9.71. The van der Waals surface area contributed by atoms with E-state index in [1.807, 2.05) is 26.8 Å². The zero-order valence-corrected chi connectivity index (χ0v) is 22.9. The summed E-state index contributed by atoms with van der Waals surface area (Å²) in [5.41, 5.74) is 13.1. The molecule has 0 saturated heterocycles. The molecule has 0 aliphatic rings. The fourth-order valence-corrected chi connectivity index (χ4v) is 5.20. The maximum absolute atomic E-state index is 4.00. The zero-order chi connectivity index (χ0) is 27.2. The number of benzene rings is 4. The Bertz CT molecular complexity index is 1800. The Hall–Kier alpha value is -4.70. The summed E-state index contributed by atoms with van der Waals surface area (Å²) in [5, 5.41) is 3.84. The fourth-order valence-electron chi connectivity index (χ4n) is 5.20. The molecule has 0 aliphatic carbocycles. The maximum Gasteiger partial charge on any atom is 0.0541 e. The molecule has 0 amide bonds. The van der Waals surface area contributed by atoms with Gasteiger partial charge in [0, 0.05) is 40.5 Å². The number of nitrogens with zero attached hydrogens (tertiary/aromatic N) is 2. The van der Waals surface area contributed by atoms with E-state index in [-0.39, 0.29) is 0 Å². The molecule has 4 aromatic carbocycles. The van der Waals surface area contributed by atoms with Crippen molar-refractivity contribution in [1.29, 1.82) is 0 Å². The molecule has 0 saturated carbocycles. The standard InChI is InChI=1S/C32H26N2.C2H6.C2H2/c1-4-5-14-29-22(2)27-20-23(16-18-30(27)33(29)3)24-17-19-32-28(21-24)26-13-9-10-15-31(26)34(32)25-11-7-6-8-12-25;2*1-2/h4,6-21H,1-3H3;1-2H3;1-2H. The van der Waals surface area contributed by atoms with E-state index < -0.39 is 0 Å². The van der Waals surface area contributed by atoms with Crippen LogP contribution in [0.15, 0.2) is 103 Å². The number of aromatic nitrogens is 2. The summed E-state index contributed by atoms with van der Waals surface area (Å²) >= 11 is 0. The summed E-state index contributed by atoms with van der Waals surface area (Å²) in [7, 11) is 2.13. The lowest BCUT2D eigenvalue weighted by Crippen LogP contribution is -1.92. The topological polar surface area (TPSA) is 9.86 Å². The van der Waals surface area contributed by atoms with Crippen LogP contribution in [0.25, 0.3) is 55.6 Å². The molecule has 0 fully saturated rings. The fraction of sp³-hybridized carbons (Fsp3) is 0.139. The maximum atomic E-state index is 4.00. The first-order valence-electron chi connectivity index (χ1n) is 13.1. The van der Waals surface area contributed by atoms with Gasteiger partial charge >= 0.3 is 0 Å². The Kier molecular flexibility index (Phi) is 8.03. The van der Waals surface area contributed by atoms with Gasteiger partial charge in [0.05, 0.1) is 16.7 Å². The van der Waals surface area contributed by atoms with Gasteiger partial charge in [0.15, 0.2) is 0 Å². The zero-order valence-electron chi connectivity index (χ0n) is 22.9. The number of hydrogen-bond donors (Lipinski definition) is 0. The average molecular weight is 495 g/mol. The van der Waals surface area contributed by atoms with Gasteiger partial charge in [-0.25, -0.2) is 0 Å². The molecule has 0 N–H and O–H groups in total. The Morgan fingerprint density at radius 3 is 1.95 bits per heavy atom. The molecule has 6 rings (SSSR count).